The fourth-order valence-corrected chi connectivity index (χ4v) is 1.96. The molecule has 4 heteroatoms. The van der Waals surface area contributed by atoms with Gasteiger partial charge in [0.15, 0.2) is 0 Å². The molecule has 0 aromatic rings. The molecule has 14 heavy (non-hydrogen) atoms. The van der Waals surface area contributed by atoms with E-state index in [-0.39, 0.29) is 6.10 Å². The lowest BCUT2D eigenvalue weighted by atomic mass is 10.2. The van der Waals surface area contributed by atoms with Gasteiger partial charge in [0, 0.05) is 25.0 Å². The summed E-state index contributed by atoms with van der Waals surface area (Å²) < 4.78 is 5.57. The zero-order valence-corrected chi connectivity index (χ0v) is 10.4. The van der Waals surface area contributed by atoms with Crippen LogP contribution in [0.15, 0.2) is 0 Å². The maximum Gasteiger partial charge on any atom is 0.0763 e. The summed E-state index contributed by atoms with van der Waals surface area (Å²) in [4.78, 5) is 2.25. The molecule has 84 valence electrons. The van der Waals surface area contributed by atoms with Crippen LogP contribution >= 0.6 is 15.9 Å². The molecule has 2 atom stereocenters. The highest BCUT2D eigenvalue weighted by Gasteiger charge is 2.19. The molecule has 0 bridgehead atoms. The Morgan fingerprint density at radius 1 is 1.64 bits per heavy atom. The van der Waals surface area contributed by atoms with Crippen molar-refractivity contribution in [2.45, 2.75) is 32.0 Å². The molecular formula is C10H20BrNO2. The summed E-state index contributed by atoms with van der Waals surface area (Å²) in [5, 5.41) is 10.2. The zero-order valence-electron chi connectivity index (χ0n) is 8.79. The van der Waals surface area contributed by atoms with Crippen molar-refractivity contribution in [1.29, 1.82) is 0 Å². The maximum atomic E-state index is 9.50. The summed E-state index contributed by atoms with van der Waals surface area (Å²) in [6.07, 6.45) is 2.47. The van der Waals surface area contributed by atoms with Gasteiger partial charge in [0.05, 0.1) is 12.2 Å². The molecule has 2 unspecified atom stereocenters. The standard InChI is InChI=1S/C10H20BrNO2/c1-2-12(7-9(13)6-11)8-10-4-3-5-14-10/h9-10,13H,2-8H2,1H3. The number of hydrogen-bond donors (Lipinski definition) is 1. The Balaban J connectivity index is 2.22. The summed E-state index contributed by atoms with van der Waals surface area (Å²) >= 11 is 3.28. The van der Waals surface area contributed by atoms with Gasteiger partial charge in [-0.3, -0.25) is 4.90 Å². The van der Waals surface area contributed by atoms with Gasteiger partial charge >= 0.3 is 0 Å². The molecule has 0 saturated carbocycles. The lowest BCUT2D eigenvalue weighted by Crippen LogP contribution is -2.38. The lowest BCUT2D eigenvalue weighted by Gasteiger charge is -2.25. The lowest BCUT2D eigenvalue weighted by molar-refractivity contribution is 0.0569. The van der Waals surface area contributed by atoms with Crippen LogP contribution in [0, 0.1) is 0 Å². The fraction of sp³-hybridized carbons (Fsp3) is 1.00. The number of aliphatic hydroxyl groups excluding tert-OH is 1. The number of rotatable bonds is 6. The number of ether oxygens (including phenoxy) is 1. The number of halogens is 1. The first kappa shape index (κ1) is 12.4. The third-order valence-corrected chi connectivity index (χ3v) is 3.33. The van der Waals surface area contributed by atoms with Gasteiger partial charge in [0.2, 0.25) is 0 Å². The summed E-state index contributed by atoms with van der Waals surface area (Å²) in [6, 6.07) is 0. The zero-order chi connectivity index (χ0) is 10.4. The molecule has 0 aromatic heterocycles. The Bertz CT molecular complexity index is 151. The van der Waals surface area contributed by atoms with E-state index in [1.807, 2.05) is 0 Å². The smallest absolute Gasteiger partial charge is 0.0763 e. The largest absolute Gasteiger partial charge is 0.391 e. The van der Waals surface area contributed by atoms with E-state index in [1.165, 1.54) is 12.8 Å². The summed E-state index contributed by atoms with van der Waals surface area (Å²) in [5.41, 5.74) is 0. The van der Waals surface area contributed by atoms with Crippen LogP contribution in [0.3, 0.4) is 0 Å². The molecule has 0 aliphatic carbocycles. The minimum absolute atomic E-state index is 0.267. The second-order valence-corrected chi connectivity index (χ2v) is 4.44. The average Bonchev–Trinajstić information content (AvgIpc) is 2.69. The van der Waals surface area contributed by atoms with Crippen molar-refractivity contribution in [3.8, 4) is 0 Å². The fourth-order valence-electron chi connectivity index (χ4n) is 1.76. The topological polar surface area (TPSA) is 32.7 Å². The van der Waals surface area contributed by atoms with Gasteiger partial charge in [-0.1, -0.05) is 22.9 Å². The predicted octanol–water partition coefficient (Wildman–Crippen LogP) is 1.24. The van der Waals surface area contributed by atoms with Crippen LogP contribution in [0.25, 0.3) is 0 Å². The SMILES string of the molecule is CCN(CC(O)CBr)CC1CCCO1. The molecule has 1 fully saturated rings. The highest BCUT2D eigenvalue weighted by atomic mass is 79.9. The Morgan fingerprint density at radius 3 is 2.93 bits per heavy atom. The van der Waals surface area contributed by atoms with Crippen molar-refractivity contribution >= 4 is 15.9 Å². The predicted molar refractivity (Wildman–Crippen MR) is 60.9 cm³/mol. The number of aliphatic hydroxyl groups is 1. The van der Waals surface area contributed by atoms with Crippen LogP contribution in [0.1, 0.15) is 19.8 Å². The molecule has 1 aliphatic heterocycles. The number of alkyl halides is 1. The molecule has 1 aliphatic rings. The highest BCUT2D eigenvalue weighted by Crippen LogP contribution is 2.13. The van der Waals surface area contributed by atoms with Gasteiger partial charge in [0.1, 0.15) is 0 Å². The second-order valence-electron chi connectivity index (χ2n) is 3.80. The first-order valence-electron chi connectivity index (χ1n) is 5.34. The van der Waals surface area contributed by atoms with Gasteiger partial charge < -0.3 is 9.84 Å². The summed E-state index contributed by atoms with van der Waals surface area (Å²) in [6.45, 7) is 5.70. The molecule has 1 rings (SSSR count). The molecule has 0 amide bonds. The molecule has 3 nitrogen and oxygen atoms in total. The van der Waals surface area contributed by atoms with Crippen molar-refractivity contribution in [3.63, 3.8) is 0 Å². The molecule has 1 N–H and O–H groups in total. The van der Waals surface area contributed by atoms with E-state index in [9.17, 15) is 5.11 Å². The van der Waals surface area contributed by atoms with E-state index < -0.39 is 0 Å². The van der Waals surface area contributed by atoms with Crippen LogP contribution in [0.4, 0.5) is 0 Å². The molecule has 1 saturated heterocycles. The third kappa shape index (κ3) is 4.26. The van der Waals surface area contributed by atoms with E-state index in [0.29, 0.717) is 11.4 Å². The monoisotopic (exact) mass is 265 g/mol. The molecule has 0 radical (unpaired) electrons. The normalized spacial score (nSPS) is 24.4. The quantitative estimate of drug-likeness (QED) is 0.734. The van der Waals surface area contributed by atoms with Gasteiger partial charge in [-0.25, -0.2) is 0 Å². The maximum absolute atomic E-state index is 9.50. The molecular weight excluding hydrogens is 246 g/mol. The van der Waals surface area contributed by atoms with Crippen molar-refractivity contribution in [2.75, 3.05) is 31.6 Å². The summed E-state index contributed by atoms with van der Waals surface area (Å²) in [7, 11) is 0. The van der Waals surface area contributed by atoms with Crippen LogP contribution in [0.2, 0.25) is 0 Å². The molecule has 0 spiro atoms. The molecule has 0 aromatic carbocycles. The highest BCUT2D eigenvalue weighted by molar-refractivity contribution is 9.09. The van der Waals surface area contributed by atoms with E-state index in [2.05, 4.69) is 27.8 Å². The van der Waals surface area contributed by atoms with Crippen molar-refractivity contribution in [1.82, 2.24) is 4.90 Å². The van der Waals surface area contributed by atoms with Crippen molar-refractivity contribution < 1.29 is 9.84 Å². The van der Waals surface area contributed by atoms with E-state index in [4.69, 9.17) is 4.74 Å². The van der Waals surface area contributed by atoms with Crippen LogP contribution in [0.5, 0.6) is 0 Å². The molecule has 1 heterocycles. The first-order chi connectivity index (χ1) is 6.76. The van der Waals surface area contributed by atoms with Crippen LogP contribution < -0.4 is 0 Å². The van der Waals surface area contributed by atoms with E-state index in [0.717, 1.165) is 26.2 Å². The Labute approximate surface area is 94.6 Å². The van der Waals surface area contributed by atoms with Gasteiger partial charge in [-0.15, -0.1) is 0 Å². The van der Waals surface area contributed by atoms with Crippen LogP contribution in [-0.2, 0) is 4.74 Å². The third-order valence-electron chi connectivity index (χ3n) is 2.58. The van der Waals surface area contributed by atoms with Crippen molar-refractivity contribution in [3.05, 3.63) is 0 Å². The van der Waals surface area contributed by atoms with Gasteiger partial charge in [-0.2, -0.15) is 0 Å². The second kappa shape index (κ2) is 6.77. The average molecular weight is 266 g/mol. The van der Waals surface area contributed by atoms with E-state index >= 15 is 0 Å². The number of nitrogens with zero attached hydrogens (tertiary/aromatic N) is 1. The van der Waals surface area contributed by atoms with Crippen molar-refractivity contribution in [2.24, 2.45) is 0 Å². The van der Waals surface area contributed by atoms with Gasteiger partial charge in [0.25, 0.3) is 0 Å². The minimum Gasteiger partial charge on any atom is -0.391 e. The Hall–Kier alpha value is 0.360. The van der Waals surface area contributed by atoms with Gasteiger partial charge in [-0.05, 0) is 19.4 Å². The van der Waals surface area contributed by atoms with Crippen LogP contribution in [-0.4, -0.2) is 53.8 Å². The summed E-state index contributed by atoms with van der Waals surface area (Å²) in [5.74, 6) is 0. The Kier molecular flexibility index (Phi) is 6.01. The first-order valence-corrected chi connectivity index (χ1v) is 6.46. The number of likely N-dealkylation sites (N-methyl/N-ethyl adjacent to an activating group) is 1. The minimum atomic E-state index is -0.267. The number of hydrogen-bond acceptors (Lipinski definition) is 3. The Morgan fingerprint density at radius 2 is 2.43 bits per heavy atom. The van der Waals surface area contributed by atoms with E-state index in [1.54, 1.807) is 0 Å².